The molecule has 0 bridgehead atoms. The second-order valence-electron chi connectivity index (χ2n) is 4.82. The average molecular weight is 254 g/mol. The largest absolute Gasteiger partial charge is 0.381 e. The molecule has 5 heteroatoms. The van der Waals surface area contributed by atoms with Gasteiger partial charge in [-0.25, -0.2) is 13.4 Å². The molecule has 0 spiro atoms. The molecule has 1 saturated carbocycles. The molecule has 1 aliphatic rings. The third-order valence-electron chi connectivity index (χ3n) is 3.33. The fraction of sp³-hybridized carbons (Fsp3) is 0.583. The van der Waals surface area contributed by atoms with Crippen LogP contribution >= 0.6 is 0 Å². The maximum absolute atomic E-state index is 11.3. The number of aromatic nitrogens is 1. The number of anilines is 1. The number of hydrogen-bond acceptors (Lipinski definition) is 4. The van der Waals surface area contributed by atoms with E-state index in [1.54, 1.807) is 18.3 Å². The Bertz CT molecular complexity index is 482. The number of nitrogens with one attached hydrogen (secondary N) is 1. The van der Waals surface area contributed by atoms with E-state index in [2.05, 4.69) is 17.2 Å². The topological polar surface area (TPSA) is 59.1 Å². The summed E-state index contributed by atoms with van der Waals surface area (Å²) in [5.74, 6) is 0.671. The van der Waals surface area contributed by atoms with Crippen LogP contribution < -0.4 is 5.32 Å². The van der Waals surface area contributed by atoms with Gasteiger partial charge in [-0.15, -0.1) is 0 Å². The van der Waals surface area contributed by atoms with E-state index in [-0.39, 0.29) is 5.03 Å². The van der Waals surface area contributed by atoms with Gasteiger partial charge >= 0.3 is 0 Å². The minimum absolute atomic E-state index is 0.127. The molecule has 0 amide bonds. The molecule has 0 radical (unpaired) electrons. The summed E-state index contributed by atoms with van der Waals surface area (Å²) in [7, 11) is -3.20. The molecule has 4 nitrogen and oxygen atoms in total. The predicted octanol–water partition coefficient (Wildman–Crippen LogP) is 2.09. The van der Waals surface area contributed by atoms with Crippen molar-refractivity contribution in [1.29, 1.82) is 0 Å². The van der Waals surface area contributed by atoms with Gasteiger partial charge in [-0.1, -0.05) is 13.3 Å². The van der Waals surface area contributed by atoms with Gasteiger partial charge in [0.1, 0.15) is 0 Å². The second-order valence-corrected chi connectivity index (χ2v) is 6.78. The van der Waals surface area contributed by atoms with E-state index in [1.165, 1.54) is 25.5 Å². The Balaban J connectivity index is 2.08. The van der Waals surface area contributed by atoms with Crippen LogP contribution in [-0.2, 0) is 9.84 Å². The number of rotatable bonds is 3. The first-order valence-corrected chi connectivity index (χ1v) is 7.78. The lowest BCUT2D eigenvalue weighted by Gasteiger charge is -2.18. The second kappa shape index (κ2) is 4.64. The van der Waals surface area contributed by atoms with Crippen LogP contribution in [0.1, 0.15) is 26.2 Å². The van der Waals surface area contributed by atoms with Crippen molar-refractivity contribution in [2.75, 3.05) is 11.6 Å². The summed E-state index contributed by atoms with van der Waals surface area (Å²) >= 11 is 0. The smallest absolute Gasteiger partial charge is 0.192 e. The first-order chi connectivity index (χ1) is 7.97. The van der Waals surface area contributed by atoms with Gasteiger partial charge in [0.2, 0.25) is 0 Å². The zero-order valence-electron chi connectivity index (χ0n) is 10.2. The van der Waals surface area contributed by atoms with Crippen molar-refractivity contribution in [3.63, 3.8) is 0 Å². The molecular weight excluding hydrogens is 236 g/mol. The van der Waals surface area contributed by atoms with Crippen molar-refractivity contribution in [2.24, 2.45) is 5.92 Å². The highest BCUT2D eigenvalue weighted by molar-refractivity contribution is 7.90. The van der Waals surface area contributed by atoms with E-state index in [0.717, 1.165) is 5.69 Å². The van der Waals surface area contributed by atoms with Crippen LogP contribution in [0.15, 0.2) is 23.4 Å². The molecule has 1 aromatic rings. The average Bonchev–Trinajstić information content (AvgIpc) is 2.64. The molecule has 1 fully saturated rings. The fourth-order valence-electron chi connectivity index (χ4n) is 2.26. The van der Waals surface area contributed by atoms with E-state index in [4.69, 9.17) is 0 Å². The van der Waals surface area contributed by atoms with Gasteiger partial charge in [-0.2, -0.15) is 0 Å². The highest BCUT2D eigenvalue weighted by atomic mass is 32.2. The van der Waals surface area contributed by atoms with E-state index < -0.39 is 9.84 Å². The van der Waals surface area contributed by atoms with Crippen LogP contribution in [0.3, 0.4) is 0 Å². The van der Waals surface area contributed by atoms with Gasteiger partial charge in [0, 0.05) is 12.3 Å². The fourth-order valence-corrected chi connectivity index (χ4v) is 2.82. The summed E-state index contributed by atoms with van der Waals surface area (Å²) in [6.07, 6.45) is 6.46. The van der Waals surface area contributed by atoms with Crippen LogP contribution in [-0.4, -0.2) is 25.7 Å². The Labute approximate surface area is 102 Å². The van der Waals surface area contributed by atoms with Gasteiger partial charge in [0.15, 0.2) is 14.9 Å². The number of pyridine rings is 1. The molecule has 0 aromatic carbocycles. The summed E-state index contributed by atoms with van der Waals surface area (Å²) in [6, 6.07) is 3.83. The number of sulfone groups is 1. The molecule has 1 aliphatic carbocycles. The number of hydrogen-bond donors (Lipinski definition) is 1. The zero-order chi connectivity index (χ0) is 12.5. The highest BCUT2D eigenvalue weighted by Crippen LogP contribution is 2.27. The van der Waals surface area contributed by atoms with E-state index >= 15 is 0 Å². The molecule has 1 aromatic heterocycles. The minimum atomic E-state index is -3.20. The molecule has 2 rings (SSSR count). The molecule has 1 N–H and O–H groups in total. The summed E-state index contributed by atoms with van der Waals surface area (Å²) in [6.45, 7) is 2.24. The van der Waals surface area contributed by atoms with E-state index in [0.29, 0.717) is 12.0 Å². The highest BCUT2D eigenvalue weighted by Gasteiger charge is 2.23. The summed E-state index contributed by atoms with van der Waals surface area (Å²) in [5.41, 5.74) is 0.899. The quantitative estimate of drug-likeness (QED) is 0.897. The lowest BCUT2D eigenvalue weighted by atomic mass is 10.1. The molecule has 94 valence electrons. The number of nitrogens with zero attached hydrogens (tertiary/aromatic N) is 1. The maximum atomic E-state index is 11.3. The van der Waals surface area contributed by atoms with Crippen LogP contribution in [0.5, 0.6) is 0 Å². The van der Waals surface area contributed by atoms with Crippen molar-refractivity contribution < 1.29 is 8.42 Å². The van der Waals surface area contributed by atoms with Gasteiger partial charge in [0.05, 0.1) is 11.9 Å². The standard InChI is InChI=1S/C12H18N2O2S/c1-9-4-3-5-11(9)14-10-6-7-12(13-8-10)17(2,15)16/h6-9,11,14H,3-5H2,1-2H3. The molecule has 2 atom stereocenters. The first kappa shape index (κ1) is 12.4. The third-order valence-corrected chi connectivity index (χ3v) is 4.33. The van der Waals surface area contributed by atoms with Gasteiger partial charge in [-0.3, -0.25) is 0 Å². The van der Waals surface area contributed by atoms with E-state index in [9.17, 15) is 8.42 Å². The van der Waals surface area contributed by atoms with Gasteiger partial charge in [-0.05, 0) is 30.9 Å². The maximum Gasteiger partial charge on any atom is 0.192 e. The monoisotopic (exact) mass is 254 g/mol. The van der Waals surface area contributed by atoms with Crippen LogP contribution in [0.2, 0.25) is 0 Å². The zero-order valence-corrected chi connectivity index (χ0v) is 11.0. The first-order valence-electron chi connectivity index (χ1n) is 5.89. The van der Waals surface area contributed by atoms with E-state index in [1.807, 2.05) is 0 Å². The third kappa shape index (κ3) is 2.97. The lowest BCUT2D eigenvalue weighted by molar-refractivity contribution is 0.556. The molecule has 0 saturated heterocycles. The van der Waals surface area contributed by atoms with Crippen LogP contribution in [0, 0.1) is 5.92 Å². The Kier molecular flexibility index (Phi) is 3.38. The molecule has 0 aliphatic heterocycles. The van der Waals surface area contributed by atoms with Crippen molar-refractivity contribution in [2.45, 2.75) is 37.3 Å². The predicted molar refractivity (Wildman–Crippen MR) is 67.8 cm³/mol. The Morgan fingerprint density at radius 3 is 2.59 bits per heavy atom. The molecule has 17 heavy (non-hydrogen) atoms. The van der Waals surface area contributed by atoms with Crippen molar-refractivity contribution in [1.82, 2.24) is 4.98 Å². The Morgan fingerprint density at radius 1 is 1.35 bits per heavy atom. The summed E-state index contributed by atoms with van der Waals surface area (Å²) < 4.78 is 22.5. The summed E-state index contributed by atoms with van der Waals surface area (Å²) in [5, 5.41) is 3.54. The van der Waals surface area contributed by atoms with Gasteiger partial charge in [0.25, 0.3) is 0 Å². The van der Waals surface area contributed by atoms with Crippen molar-refractivity contribution >= 4 is 15.5 Å². The normalized spacial score (nSPS) is 24.8. The Morgan fingerprint density at radius 2 is 2.12 bits per heavy atom. The summed E-state index contributed by atoms with van der Waals surface area (Å²) in [4.78, 5) is 3.97. The van der Waals surface area contributed by atoms with Crippen molar-refractivity contribution in [3.8, 4) is 0 Å². The molecule has 2 unspecified atom stereocenters. The SMILES string of the molecule is CC1CCCC1Nc1ccc(S(C)(=O)=O)nc1. The Hall–Kier alpha value is -1.10. The van der Waals surface area contributed by atoms with Gasteiger partial charge < -0.3 is 5.32 Å². The molecular formula is C12H18N2O2S. The van der Waals surface area contributed by atoms with Crippen LogP contribution in [0.25, 0.3) is 0 Å². The minimum Gasteiger partial charge on any atom is -0.381 e. The van der Waals surface area contributed by atoms with Crippen LogP contribution in [0.4, 0.5) is 5.69 Å². The molecule has 1 heterocycles. The lowest BCUT2D eigenvalue weighted by Crippen LogP contribution is -2.21. The van der Waals surface area contributed by atoms with Crippen molar-refractivity contribution in [3.05, 3.63) is 18.3 Å².